The summed E-state index contributed by atoms with van der Waals surface area (Å²) >= 11 is 1.26. The molecule has 0 aliphatic rings. The number of nitro groups is 1. The Morgan fingerprint density at radius 3 is 2.86 bits per heavy atom. The van der Waals surface area contributed by atoms with E-state index in [-0.39, 0.29) is 17.4 Å². The largest absolute Gasteiger partial charge is 0.375 e. The molecule has 9 heteroatoms. The molecule has 0 aliphatic carbocycles. The van der Waals surface area contributed by atoms with Crippen molar-refractivity contribution in [2.45, 2.75) is 6.92 Å². The predicted octanol–water partition coefficient (Wildman–Crippen LogP) is 2.66. The fraction of sp³-hybridized carbons (Fsp3) is 0.0833. The molecule has 0 amide bonds. The maximum atomic E-state index is 10.8. The Balaban J connectivity index is 2.03. The molecule has 2 aromatic heterocycles. The van der Waals surface area contributed by atoms with E-state index in [0.717, 1.165) is 5.56 Å². The number of aromatic nitrogens is 3. The highest BCUT2D eigenvalue weighted by molar-refractivity contribution is 7.13. The number of aryl methyl sites for hydroxylation is 1. The molecule has 0 bridgehead atoms. The Morgan fingerprint density at radius 1 is 1.38 bits per heavy atom. The van der Waals surface area contributed by atoms with Crippen LogP contribution in [0.4, 0.5) is 10.8 Å². The zero-order valence-corrected chi connectivity index (χ0v) is 11.6. The lowest BCUT2D eigenvalue weighted by molar-refractivity contribution is -0.384. The highest BCUT2D eigenvalue weighted by atomic mass is 32.1. The van der Waals surface area contributed by atoms with Crippen LogP contribution in [0.1, 0.15) is 5.56 Å². The van der Waals surface area contributed by atoms with Crippen molar-refractivity contribution < 1.29 is 9.45 Å². The van der Waals surface area contributed by atoms with Gasteiger partial charge in [-0.1, -0.05) is 11.2 Å². The Labute approximate surface area is 122 Å². The number of thiazole rings is 1. The molecular weight excluding hydrogens is 294 g/mol. The van der Waals surface area contributed by atoms with Crippen LogP contribution in [0, 0.1) is 17.0 Å². The molecule has 0 fully saturated rings. The minimum atomic E-state index is -0.467. The van der Waals surface area contributed by atoms with Crippen LogP contribution in [0.15, 0.2) is 28.1 Å². The highest BCUT2D eigenvalue weighted by Crippen LogP contribution is 2.28. The average Bonchev–Trinajstić information content (AvgIpc) is 3.07. The van der Waals surface area contributed by atoms with Gasteiger partial charge in [-0.2, -0.15) is 4.98 Å². The molecule has 0 aliphatic heterocycles. The van der Waals surface area contributed by atoms with E-state index < -0.39 is 4.92 Å². The first-order valence-corrected chi connectivity index (χ1v) is 6.73. The number of nitrogens with two attached hydrogens (primary N) is 1. The van der Waals surface area contributed by atoms with E-state index in [0.29, 0.717) is 16.4 Å². The molecule has 2 N–H and O–H groups in total. The van der Waals surface area contributed by atoms with Crippen molar-refractivity contribution in [3.63, 3.8) is 0 Å². The second-order valence-corrected chi connectivity index (χ2v) is 5.14. The summed E-state index contributed by atoms with van der Waals surface area (Å²) in [4.78, 5) is 18.6. The molecule has 0 radical (unpaired) electrons. The van der Waals surface area contributed by atoms with E-state index in [1.165, 1.54) is 23.5 Å². The van der Waals surface area contributed by atoms with Crippen molar-refractivity contribution in [3.8, 4) is 23.0 Å². The zero-order chi connectivity index (χ0) is 15.0. The van der Waals surface area contributed by atoms with Crippen LogP contribution in [0.25, 0.3) is 23.0 Å². The molecule has 3 aromatic rings. The molecule has 8 nitrogen and oxygen atoms in total. The lowest BCUT2D eigenvalue weighted by Crippen LogP contribution is -1.91. The molecule has 0 unspecified atom stereocenters. The van der Waals surface area contributed by atoms with Crippen molar-refractivity contribution in [2.75, 3.05) is 5.73 Å². The van der Waals surface area contributed by atoms with Crippen molar-refractivity contribution >= 4 is 22.2 Å². The van der Waals surface area contributed by atoms with Gasteiger partial charge in [0, 0.05) is 23.1 Å². The average molecular weight is 303 g/mol. The first-order chi connectivity index (χ1) is 10.0. The number of non-ortho nitro benzene ring substituents is 1. The molecule has 1 aromatic carbocycles. The summed E-state index contributed by atoms with van der Waals surface area (Å²) in [5.41, 5.74) is 7.37. The van der Waals surface area contributed by atoms with E-state index in [4.69, 9.17) is 10.3 Å². The van der Waals surface area contributed by atoms with Crippen LogP contribution >= 0.6 is 11.3 Å². The SMILES string of the molecule is Cc1ccc([N+](=O)[O-])cc1-c1noc(-c2csc(N)n2)n1. The standard InChI is InChI=1S/C12H9N5O3S/c1-6-2-3-7(17(18)19)4-8(6)10-15-11(20-16-10)9-5-21-12(13)14-9/h2-5H,1H3,(H2,13,14). The summed E-state index contributed by atoms with van der Waals surface area (Å²) < 4.78 is 5.13. The minimum absolute atomic E-state index is 0.0279. The maximum absolute atomic E-state index is 10.8. The Hall–Kier alpha value is -2.81. The van der Waals surface area contributed by atoms with Crippen LogP contribution < -0.4 is 5.73 Å². The number of nitrogens with zero attached hydrogens (tertiary/aromatic N) is 4. The molecule has 2 heterocycles. The van der Waals surface area contributed by atoms with E-state index in [1.807, 2.05) is 6.92 Å². The Kier molecular flexibility index (Phi) is 3.10. The number of hydrogen-bond donors (Lipinski definition) is 1. The zero-order valence-electron chi connectivity index (χ0n) is 10.8. The first kappa shape index (κ1) is 13.2. The summed E-state index contributed by atoms with van der Waals surface area (Å²) in [5.74, 6) is 0.502. The van der Waals surface area contributed by atoms with Gasteiger partial charge >= 0.3 is 0 Å². The van der Waals surface area contributed by atoms with Crippen molar-refractivity contribution in [3.05, 3.63) is 39.3 Å². The molecule has 0 spiro atoms. The predicted molar refractivity (Wildman–Crippen MR) is 76.6 cm³/mol. The summed E-state index contributed by atoms with van der Waals surface area (Å²) in [7, 11) is 0. The van der Waals surface area contributed by atoms with Crippen molar-refractivity contribution in [1.82, 2.24) is 15.1 Å². The molecular formula is C12H9N5O3S. The van der Waals surface area contributed by atoms with Gasteiger partial charge in [0.15, 0.2) is 5.13 Å². The number of rotatable bonds is 3. The van der Waals surface area contributed by atoms with Crippen molar-refractivity contribution in [1.29, 1.82) is 0 Å². The van der Waals surface area contributed by atoms with Gasteiger partial charge in [0.1, 0.15) is 5.69 Å². The molecule has 0 saturated heterocycles. The summed E-state index contributed by atoms with van der Waals surface area (Å²) in [6.45, 7) is 1.82. The Bertz CT molecular complexity index is 826. The highest BCUT2D eigenvalue weighted by Gasteiger charge is 2.17. The summed E-state index contributed by atoms with van der Waals surface area (Å²) in [6, 6.07) is 4.49. The molecule has 106 valence electrons. The normalized spacial score (nSPS) is 10.7. The molecule has 21 heavy (non-hydrogen) atoms. The third-order valence-corrected chi connectivity index (χ3v) is 3.51. The van der Waals surface area contributed by atoms with Gasteiger partial charge in [-0.3, -0.25) is 10.1 Å². The summed E-state index contributed by atoms with van der Waals surface area (Å²) in [5, 5.41) is 16.8. The number of anilines is 1. The van der Waals surface area contributed by atoms with Gasteiger partial charge in [-0.15, -0.1) is 11.3 Å². The third kappa shape index (κ3) is 2.46. The van der Waals surface area contributed by atoms with Gasteiger partial charge in [-0.25, -0.2) is 4.98 Å². The summed E-state index contributed by atoms with van der Waals surface area (Å²) in [6.07, 6.45) is 0. The lowest BCUT2D eigenvalue weighted by Gasteiger charge is -1.99. The van der Waals surface area contributed by atoms with Crippen LogP contribution in [0.5, 0.6) is 0 Å². The van der Waals surface area contributed by atoms with Crippen LogP contribution in [0.2, 0.25) is 0 Å². The van der Waals surface area contributed by atoms with Gasteiger partial charge in [0.05, 0.1) is 4.92 Å². The van der Waals surface area contributed by atoms with Gasteiger partial charge in [-0.05, 0) is 12.5 Å². The number of benzene rings is 1. The van der Waals surface area contributed by atoms with Gasteiger partial charge in [0.25, 0.3) is 11.6 Å². The van der Waals surface area contributed by atoms with Gasteiger partial charge in [0.2, 0.25) is 5.82 Å². The third-order valence-electron chi connectivity index (χ3n) is 2.84. The second kappa shape index (κ2) is 4.94. The monoisotopic (exact) mass is 303 g/mol. The van der Waals surface area contributed by atoms with Crippen molar-refractivity contribution in [2.24, 2.45) is 0 Å². The first-order valence-electron chi connectivity index (χ1n) is 5.85. The molecule has 0 atom stereocenters. The van der Waals surface area contributed by atoms with E-state index in [2.05, 4.69) is 15.1 Å². The molecule has 0 saturated carbocycles. The lowest BCUT2D eigenvalue weighted by atomic mass is 10.1. The fourth-order valence-electron chi connectivity index (χ4n) is 1.79. The Morgan fingerprint density at radius 2 is 2.19 bits per heavy atom. The quantitative estimate of drug-likeness (QED) is 0.583. The van der Waals surface area contributed by atoms with Crippen LogP contribution in [-0.2, 0) is 0 Å². The topological polar surface area (TPSA) is 121 Å². The second-order valence-electron chi connectivity index (χ2n) is 4.25. The molecule has 3 rings (SSSR count). The smallest absolute Gasteiger partial charge is 0.277 e. The van der Waals surface area contributed by atoms with E-state index in [1.54, 1.807) is 11.4 Å². The van der Waals surface area contributed by atoms with Crippen LogP contribution in [-0.4, -0.2) is 20.0 Å². The van der Waals surface area contributed by atoms with Crippen LogP contribution in [0.3, 0.4) is 0 Å². The fourth-order valence-corrected chi connectivity index (χ4v) is 2.32. The number of hydrogen-bond acceptors (Lipinski definition) is 8. The minimum Gasteiger partial charge on any atom is -0.375 e. The number of nitrogen functional groups attached to an aromatic ring is 1. The number of nitro benzene ring substituents is 1. The van der Waals surface area contributed by atoms with Gasteiger partial charge < -0.3 is 10.3 Å². The van der Waals surface area contributed by atoms with E-state index in [9.17, 15) is 10.1 Å². The maximum Gasteiger partial charge on any atom is 0.277 e. The van der Waals surface area contributed by atoms with E-state index >= 15 is 0 Å².